The molecule has 31 heavy (non-hydrogen) atoms. The summed E-state index contributed by atoms with van der Waals surface area (Å²) in [5.41, 5.74) is 2.83. The van der Waals surface area contributed by atoms with Crippen LogP contribution >= 0.6 is 34.7 Å². The Kier molecular flexibility index (Phi) is 6.52. The molecule has 8 nitrogen and oxygen atoms in total. The molecule has 1 amide bonds. The first-order chi connectivity index (χ1) is 14.5. The van der Waals surface area contributed by atoms with Gasteiger partial charge in [-0.05, 0) is 49.8 Å². The predicted molar refractivity (Wildman–Crippen MR) is 121 cm³/mol. The van der Waals surface area contributed by atoms with Crippen molar-refractivity contribution in [2.24, 2.45) is 0 Å². The van der Waals surface area contributed by atoms with Crippen LogP contribution in [0.3, 0.4) is 0 Å². The van der Waals surface area contributed by atoms with Gasteiger partial charge in [-0.1, -0.05) is 23.2 Å². The molecule has 160 valence electrons. The van der Waals surface area contributed by atoms with Crippen LogP contribution in [0.25, 0.3) is 11.8 Å². The number of rotatable bonds is 5. The number of halogens is 2. The number of nitrogens with one attached hydrogen (secondary N) is 1. The van der Waals surface area contributed by atoms with Crippen molar-refractivity contribution in [3.63, 3.8) is 0 Å². The molecule has 0 atom stereocenters. The zero-order valence-electron chi connectivity index (χ0n) is 16.5. The molecule has 0 fully saturated rings. The maximum Gasteiger partial charge on any atom is 0.268 e. The number of carbonyl (C=O) groups is 1. The molecular formula is C19H15Cl2N5O3S2. The average Bonchev–Trinajstić information content (AvgIpc) is 3.23. The van der Waals surface area contributed by atoms with Gasteiger partial charge in [-0.3, -0.25) is 10.1 Å². The molecule has 0 aliphatic rings. The van der Waals surface area contributed by atoms with Gasteiger partial charge < -0.3 is 4.57 Å². The largest absolute Gasteiger partial charge is 0.318 e. The van der Waals surface area contributed by atoms with Crippen LogP contribution in [-0.4, -0.2) is 34.5 Å². The minimum atomic E-state index is -3.60. The molecule has 0 bridgehead atoms. The Morgan fingerprint density at radius 1 is 1.23 bits per heavy atom. The van der Waals surface area contributed by atoms with Crippen LogP contribution in [-0.2, 0) is 14.6 Å². The first kappa shape index (κ1) is 23.0. The van der Waals surface area contributed by atoms with Gasteiger partial charge in [-0.25, -0.2) is 8.42 Å². The molecule has 1 N–H and O–H groups in total. The highest BCUT2D eigenvalue weighted by Gasteiger charge is 2.18. The van der Waals surface area contributed by atoms with Crippen LogP contribution in [0.5, 0.6) is 0 Å². The van der Waals surface area contributed by atoms with E-state index in [0.717, 1.165) is 23.3 Å². The lowest BCUT2D eigenvalue weighted by molar-refractivity contribution is -0.112. The second kappa shape index (κ2) is 8.80. The van der Waals surface area contributed by atoms with Crippen molar-refractivity contribution in [3.05, 3.63) is 56.8 Å². The number of hydrogen-bond acceptors (Lipinski definition) is 7. The van der Waals surface area contributed by atoms with Gasteiger partial charge in [0, 0.05) is 44.9 Å². The van der Waals surface area contributed by atoms with Crippen molar-refractivity contribution in [2.75, 3.05) is 11.6 Å². The summed E-state index contributed by atoms with van der Waals surface area (Å²) < 4.78 is 28.6. The number of sulfone groups is 1. The maximum atomic E-state index is 12.5. The van der Waals surface area contributed by atoms with Crippen molar-refractivity contribution in [3.8, 4) is 11.8 Å². The van der Waals surface area contributed by atoms with E-state index in [0.29, 0.717) is 27.1 Å². The van der Waals surface area contributed by atoms with Crippen LogP contribution in [0.2, 0.25) is 10.0 Å². The van der Waals surface area contributed by atoms with Gasteiger partial charge in [0.15, 0.2) is 0 Å². The van der Waals surface area contributed by atoms with Crippen molar-refractivity contribution < 1.29 is 13.2 Å². The highest BCUT2D eigenvalue weighted by Crippen LogP contribution is 2.27. The maximum absolute atomic E-state index is 12.5. The Labute approximate surface area is 192 Å². The van der Waals surface area contributed by atoms with Crippen molar-refractivity contribution >= 4 is 61.7 Å². The number of nitrogens with zero attached hydrogens (tertiary/aromatic N) is 4. The first-order valence-corrected chi connectivity index (χ1v) is 12.0. The SMILES string of the molecule is Cc1cc(/C=C(/C#N)C(=O)Nc2nc(S(C)(=O)=O)ns2)c(C)n1-c1cc(Cl)cc(Cl)c1. The predicted octanol–water partition coefficient (Wildman–Crippen LogP) is 4.20. The van der Waals surface area contributed by atoms with Crippen LogP contribution in [0.4, 0.5) is 5.13 Å². The lowest BCUT2D eigenvalue weighted by Crippen LogP contribution is -2.13. The summed E-state index contributed by atoms with van der Waals surface area (Å²) in [6, 6.07) is 8.82. The number of aromatic nitrogens is 3. The molecule has 0 radical (unpaired) electrons. The monoisotopic (exact) mass is 495 g/mol. The topological polar surface area (TPSA) is 118 Å². The molecule has 2 aromatic heterocycles. The summed E-state index contributed by atoms with van der Waals surface area (Å²) in [7, 11) is -3.60. The Hall–Kier alpha value is -2.71. The van der Waals surface area contributed by atoms with E-state index in [1.807, 2.05) is 30.6 Å². The molecule has 0 spiro atoms. The Morgan fingerprint density at radius 3 is 2.42 bits per heavy atom. The lowest BCUT2D eigenvalue weighted by atomic mass is 10.1. The van der Waals surface area contributed by atoms with Crippen LogP contribution in [0, 0.1) is 25.2 Å². The van der Waals surface area contributed by atoms with Crippen LogP contribution < -0.4 is 5.32 Å². The van der Waals surface area contributed by atoms with Gasteiger partial charge in [0.2, 0.25) is 15.0 Å². The summed E-state index contributed by atoms with van der Waals surface area (Å²) in [5.74, 6) is -0.727. The Morgan fingerprint density at radius 2 is 1.87 bits per heavy atom. The van der Waals surface area contributed by atoms with Gasteiger partial charge in [-0.15, -0.1) is 0 Å². The zero-order valence-corrected chi connectivity index (χ0v) is 19.6. The molecule has 0 unspecified atom stereocenters. The Bertz CT molecular complexity index is 1350. The van der Waals surface area contributed by atoms with Crippen molar-refractivity contribution in [1.82, 2.24) is 13.9 Å². The molecule has 1 aromatic carbocycles. The summed E-state index contributed by atoms with van der Waals surface area (Å²) >= 11 is 12.9. The van der Waals surface area contributed by atoms with Crippen molar-refractivity contribution in [2.45, 2.75) is 19.0 Å². The first-order valence-electron chi connectivity index (χ1n) is 8.62. The molecule has 3 rings (SSSR count). The molecule has 12 heteroatoms. The minimum absolute atomic E-state index is 0.0226. The molecule has 0 saturated heterocycles. The highest BCUT2D eigenvalue weighted by atomic mass is 35.5. The third-order valence-electron chi connectivity index (χ3n) is 4.20. The smallest absolute Gasteiger partial charge is 0.268 e. The van der Waals surface area contributed by atoms with E-state index >= 15 is 0 Å². The number of amides is 1. The Balaban J connectivity index is 1.93. The third-order valence-corrected chi connectivity index (χ3v) is 6.23. The van der Waals surface area contributed by atoms with E-state index in [4.69, 9.17) is 23.2 Å². The molecular weight excluding hydrogens is 481 g/mol. The van der Waals surface area contributed by atoms with E-state index in [1.54, 1.807) is 18.2 Å². The fourth-order valence-electron chi connectivity index (χ4n) is 2.88. The van der Waals surface area contributed by atoms with Crippen LogP contribution in [0.1, 0.15) is 17.0 Å². The van der Waals surface area contributed by atoms with E-state index < -0.39 is 15.7 Å². The lowest BCUT2D eigenvalue weighted by Gasteiger charge is -2.10. The number of carbonyl (C=O) groups excluding carboxylic acids is 1. The second-order valence-electron chi connectivity index (χ2n) is 6.57. The fraction of sp³-hybridized carbons (Fsp3) is 0.158. The standard InChI is InChI=1S/C19H15Cl2N5O3S2/c1-10-4-12(11(2)26(10)16-7-14(20)6-15(21)8-16)5-13(9-22)17(27)23-18-24-19(25-30-18)31(3,28)29/h4-8H,1-3H3,(H,23,24,25,27)/b13-5-. The highest BCUT2D eigenvalue weighted by molar-refractivity contribution is 7.90. The number of aryl methyl sites for hydroxylation is 1. The van der Waals surface area contributed by atoms with Gasteiger partial charge in [0.05, 0.1) is 0 Å². The molecule has 0 saturated carbocycles. The third kappa shape index (κ3) is 5.14. The van der Waals surface area contributed by atoms with Gasteiger partial charge in [0.1, 0.15) is 11.6 Å². The minimum Gasteiger partial charge on any atom is -0.318 e. The van der Waals surface area contributed by atoms with Gasteiger partial charge in [-0.2, -0.15) is 14.6 Å². The summed E-state index contributed by atoms with van der Waals surface area (Å²) in [6.07, 6.45) is 2.41. The van der Waals surface area contributed by atoms with E-state index in [9.17, 15) is 18.5 Å². The second-order valence-corrected chi connectivity index (χ2v) is 10.1. The van der Waals surface area contributed by atoms with E-state index in [-0.39, 0.29) is 15.9 Å². The molecule has 3 aromatic rings. The fourth-order valence-corrected chi connectivity index (χ4v) is 4.83. The average molecular weight is 496 g/mol. The number of benzene rings is 1. The number of nitriles is 1. The van der Waals surface area contributed by atoms with Crippen LogP contribution in [0.15, 0.2) is 35.0 Å². The van der Waals surface area contributed by atoms with Gasteiger partial charge in [0.25, 0.3) is 11.1 Å². The summed E-state index contributed by atoms with van der Waals surface area (Å²) in [4.78, 5) is 16.3. The normalized spacial score (nSPS) is 11.9. The van der Waals surface area contributed by atoms with E-state index in [2.05, 4.69) is 14.7 Å². The summed E-state index contributed by atoms with van der Waals surface area (Å²) in [5, 5.41) is 12.4. The number of hydrogen-bond donors (Lipinski definition) is 1. The molecule has 0 aliphatic heterocycles. The molecule has 0 aliphatic carbocycles. The van der Waals surface area contributed by atoms with Gasteiger partial charge >= 0.3 is 0 Å². The summed E-state index contributed by atoms with van der Waals surface area (Å²) in [6.45, 7) is 3.71. The quantitative estimate of drug-likeness (QED) is 0.418. The zero-order chi connectivity index (χ0) is 22.9. The molecule has 2 heterocycles. The number of anilines is 1. The van der Waals surface area contributed by atoms with E-state index in [1.165, 1.54) is 6.08 Å². The van der Waals surface area contributed by atoms with Crippen molar-refractivity contribution in [1.29, 1.82) is 5.26 Å².